The van der Waals surface area contributed by atoms with E-state index < -0.39 is 11.9 Å². The van der Waals surface area contributed by atoms with E-state index in [-0.39, 0.29) is 11.5 Å². The number of benzene rings is 1. The summed E-state index contributed by atoms with van der Waals surface area (Å²) in [5, 5.41) is 12.8. The van der Waals surface area contributed by atoms with E-state index in [4.69, 9.17) is 14.6 Å². The average Bonchev–Trinajstić information content (AvgIpc) is 3.08. The molecule has 126 valence electrons. The van der Waals surface area contributed by atoms with E-state index >= 15 is 0 Å². The van der Waals surface area contributed by atoms with Gasteiger partial charge in [0, 0.05) is 0 Å². The van der Waals surface area contributed by atoms with Crippen LogP contribution in [-0.2, 0) is 4.79 Å². The van der Waals surface area contributed by atoms with Gasteiger partial charge in [-0.2, -0.15) is 5.10 Å². The zero-order valence-electron chi connectivity index (χ0n) is 13.1. The Bertz CT molecular complexity index is 769. The first-order chi connectivity index (χ1) is 11.5. The molecule has 0 spiro atoms. The zero-order chi connectivity index (χ0) is 17.5. The summed E-state index contributed by atoms with van der Waals surface area (Å²) in [6, 6.07) is 10.1. The summed E-state index contributed by atoms with van der Waals surface area (Å²) < 4.78 is 10.5. The highest BCUT2D eigenvalue weighted by molar-refractivity contribution is 7.15. The van der Waals surface area contributed by atoms with Gasteiger partial charge in [0.05, 0.1) is 17.7 Å². The van der Waals surface area contributed by atoms with Crippen LogP contribution in [0.25, 0.3) is 0 Å². The van der Waals surface area contributed by atoms with Crippen molar-refractivity contribution in [2.45, 2.75) is 6.92 Å². The summed E-state index contributed by atoms with van der Waals surface area (Å²) >= 11 is 1.09. The van der Waals surface area contributed by atoms with Crippen molar-refractivity contribution in [1.29, 1.82) is 0 Å². The molecule has 2 N–H and O–H groups in total. The number of rotatable bonds is 7. The monoisotopic (exact) mass is 348 g/mol. The van der Waals surface area contributed by atoms with Crippen LogP contribution in [0.5, 0.6) is 11.5 Å². The molecule has 1 amide bonds. The van der Waals surface area contributed by atoms with Gasteiger partial charge in [0.15, 0.2) is 18.1 Å². The number of hydrazone groups is 1. The SMILES string of the molecule is COc1ccccc1OCC(=O)N/N=C(/C)c1ccc(C(=O)O)s1. The molecule has 0 aliphatic rings. The molecule has 0 fully saturated rings. The number of hydrogen-bond acceptors (Lipinski definition) is 6. The minimum absolute atomic E-state index is 0.213. The first kappa shape index (κ1) is 17.5. The number of hydrogen-bond donors (Lipinski definition) is 2. The predicted octanol–water partition coefficient (Wildman–Crippen LogP) is 2.37. The first-order valence-electron chi connectivity index (χ1n) is 6.93. The van der Waals surface area contributed by atoms with Crippen LogP contribution in [0, 0.1) is 0 Å². The Balaban J connectivity index is 1.90. The van der Waals surface area contributed by atoms with Crippen molar-refractivity contribution in [2.75, 3.05) is 13.7 Å². The van der Waals surface area contributed by atoms with Crippen LogP contribution in [0.1, 0.15) is 21.5 Å². The van der Waals surface area contributed by atoms with Gasteiger partial charge in [-0.05, 0) is 31.2 Å². The molecule has 0 saturated heterocycles. The van der Waals surface area contributed by atoms with Crippen LogP contribution in [0.4, 0.5) is 0 Å². The summed E-state index contributed by atoms with van der Waals surface area (Å²) in [6.07, 6.45) is 0. The second-order valence-electron chi connectivity index (χ2n) is 4.64. The lowest BCUT2D eigenvalue weighted by atomic mass is 10.3. The first-order valence-corrected chi connectivity index (χ1v) is 7.75. The molecule has 2 rings (SSSR count). The molecule has 2 aromatic rings. The normalized spacial score (nSPS) is 11.0. The lowest BCUT2D eigenvalue weighted by Crippen LogP contribution is -2.25. The Kier molecular flexibility index (Phi) is 5.91. The molecule has 24 heavy (non-hydrogen) atoms. The molecule has 0 bridgehead atoms. The molecule has 1 aromatic heterocycles. The quantitative estimate of drug-likeness (QED) is 0.591. The average molecular weight is 348 g/mol. The smallest absolute Gasteiger partial charge is 0.345 e. The molecule has 1 aromatic carbocycles. The van der Waals surface area contributed by atoms with Gasteiger partial charge in [-0.25, -0.2) is 10.2 Å². The second kappa shape index (κ2) is 8.11. The van der Waals surface area contributed by atoms with Crippen molar-refractivity contribution in [3.05, 3.63) is 46.2 Å². The molecule has 8 heteroatoms. The van der Waals surface area contributed by atoms with Crippen molar-refractivity contribution in [3.63, 3.8) is 0 Å². The third-order valence-corrected chi connectivity index (χ3v) is 4.13. The molecule has 0 aliphatic carbocycles. The van der Waals surface area contributed by atoms with E-state index in [9.17, 15) is 9.59 Å². The number of para-hydroxylation sites is 2. The fourth-order valence-corrected chi connectivity index (χ4v) is 2.55. The van der Waals surface area contributed by atoms with Crippen molar-refractivity contribution in [3.8, 4) is 11.5 Å². The number of nitrogens with zero attached hydrogens (tertiary/aromatic N) is 1. The van der Waals surface area contributed by atoms with Crippen LogP contribution < -0.4 is 14.9 Å². The molecular weight excluding hydrogens is 332 g/mol. The Morgan fingerprint density at radius 2 is 1.83 bits per heavy atom. The summed E-state index contributed by atoms with van der Waals surface area (Å²) in [5.74, 6) is -0.437. The summed E-state index contributed by atoms with van der Waals surface area (Å²) in [6.45, 7) is 1.46. The number of ether oxygens (including phenoxy) is 2. The highest BCUT2D eigenvalue weighted by Gasteiger charge is 2.10. The van der Waals surface area contributed by atoms with E-state index in [0.717, 1.165) is 11.3 Å². The summed E-state index contributed by atoms with van der Waals surface area (Å²) in [7, 11) is 1.52. The molecule has 0 atom stereocenters. The minimum Gasteiger partial charge on any atom is -0.493 e. The second-order valence-corrected chi connectivity index (χ2v) is 5.72. The van der Waals surface area contributed by atoms with Gasteiger partial charge in [0.2, 0.25) is 0 Å². The molecular formula is C16H16N2O5S. The van der Waals surface area contributed by atoms with E-state index in [2.05, 4.69) is 10.5 Å². The fourth-order valence-electron chi connectivity index (χ4n) is 1.76. The predicted molar refractivity (Wildman–Crippen MR) is 90.1 cm³/mol. The van der Waals surface area contributed by atoms with Crippen LogP contribution >= 0.6 is 11.3 Å². The zero-order valence-corrected chi connectivity index (χ0v) is 13.9. The number of thiophene rings is 1. The van der Waals surface area contributed by atoms with Gasteiger partial charge in [0.25, 0.3) is 5.91 Å². The maximum Gasteiger partial charge on any atom is 0.345 e. The van der Waals surface area contributed by atoms with E-state index in [1.54, 1.807) is 37.3 Å². The van der Waals surface area contributed by atoms with E-state index in [0.29, 0.717) is 22.1 Å². The minimum atomic E-state index is -0.992. The largest absolute Gasteiger partial charge is 0.493 e. The van der Waals surface area contributed by atoms with E-state index in [1.165, 1.54) is 13.2 Å². The number of nitrogens with one attached hydrogen (secondary N) is 1. The lowest BCUT2D eigenvalue weighted by molar-refractivity contribution is -0.123. The number of carboxylic acids is 1. The van der Waals surface area contributed by atoms with E-state index in [1.807, 2.05) is 0 Å². The number of methoxy groups -OCH3 is 1. The third kappa shape index (κ3) is 4.56. The van der Waals surface area contributed by atoms with Crippen LogP contribution in [0.2, 0.25) is 0 Å². The van der Waals surface area contributed by atoms with Crippen LogP contribution in [0.15, 0.2) is 41.5 Å². The highest BCUT2D eigenvalue weighted by Crippen LogP contribution is 2.25. The molecule has 0 aliphatic heterocycles. The molecule has 7 nitrogen and oxygen atoms in total. The van der Waals surface area contributed by atoms with Gasteiger partial charge in [-0.1, -0.05) is 12.1 Å². The van der Waals surface area contributed by atoms with Gasteiger partial charge in [-0.3, -0.25) is 4.79 Å². The number of aromatic carboxylic acids is 1. The van der Waals surface area contributed by atoms with Crippen LogP contribution in [0.3, 0.4) is 0 Å². The highest BCUT2D eigenvalue weighted by atomic mass is 32.1. The standard InChI is InChI=1S/C16H16N2O5S/c1-10(13-7-8-14(24-13)16(20)21)17-18-15(19)9-23-12-6-4-3-5-11(12)22-2/h3-8H,9H2,1-2H3,(H,18,19)(H,20,21)/b17-10-. The third-order valence-electron chi connectivity index (χ3n) is 2.95. The Morgan fingerprint density at radius 3 is 2.46 bits per heavy atom. The van der Waals surface area contributed by atoms with Crippen molar-refractivity contribution < 1.29 is 24.2 Å². The van der Waals surface area contributed by atoms with Gasteiger partial charge in [-0.15, -0.1) is 11.3 Å². The van der Waals surface area contributed by atoms with Crippen molar-refractivity contribution in [2.24, 2.45) is 5.10 Å². The summed E-state index contributed by atoms with van der Waals surface area (Å²) in [5.41, 5.74) is 2.88. The Labute approximate surface area is 142 Å². The Hall–Kier alpha value is -2.87. The number of carbonyl (C=O) groups is 2. The maximum absolute atomic E-state index is 11.8. The van der Waals surface area contributed by atoms with Crippen LogP contribution in [-0.4, -0.2) is 36.4 Å². The topological polar surface area (TPSA) is 97.2 Å². The van der Waals surface area contributed by atoms with Crippen molar-refractivity contribution in [1.82, 2.24) is 5.43 Å². The van der Waals surface area contributed by atoms with Gasteiger partial charge < -0.3 is 14.6 Å². The molecule has 0 radical (unpaired) electrons. The Morgan fingerprint density at radius 1 is 1.17 bits per heavy atom. The summed E-state index contributed by atoms with van der Waals surface area (Å²) in [4.78, 5) is 23.5. The van der Waals surface area contributed by atoms with Gasteiger partial charge in [0.1, 0.15) is 4.88 Å². The number of amides is 1. The van der Waals surface area contributed by atoms with Crippen molar-refractivity contribution >= 4 is 28.9 Å². The lowest BCUT2D eigenvalue weighted by Gasteiger charge is -2.09. The maximum atomic E-state index is 11.8. The number of carboxylic acid groups (broad SMARTS) is 1. The molecule has 0 unspecified atom stereocenters. The molecule has 1 heterocycles. The van der Waals surface area contributed by atoms with Gasteiger partial charge >= 0.3 is 5.97 Å². The number of carbonyl (C=O) groups excluding carboxylic acids is 1. The molecule has 0 saturated carbocycles. The fraction of sp³-hybridized carbons (Fsp3) is 0.188.